The Labute approximate surface area is 116 Å². The maximum absolute atomic E-state index is 12.2. The van der Waals surface area contributed by atoms with Crippen LogP contribution in [-0.4, -0.2) is 61.0 Å². The Morgan fingerprint density at radius 3 is 2.78 bits per heavy atom. The van der Waals surface area contributed by atoms with Crippen LogP contribution in [0.25, 0.3) is 0 Å². The second kappa shape index (κ2) is 7.31. The predicted octanol–water partition coefficient (Wildman–Crippen LogP) is 0.960. The molecule has 18 heavy (non-hydrogen) atoms. The first-order valence-corrected chi connectivity index (χ1v) is 6.89. The molecule has 1 N–H and O–H groups in total. The quantitative estimate of drug-likeness (QED) is 0.816. The maximum Gasteiger partial charge on any atom is 0.236 e. The minimum atomic E-state index is 0. The fraction of sp³-hybridized carbons (Fsp3) is 0.923. The molecule has 0 bridgehead atoms. The van der Waals surface area contributed by atoms with Crippen molar-refractivity contribution >= 4 is 18.3 Å². The van der Waals surface area contributed by atoms with Crippen molar-refractivity contribution in [3.8, 4) is 0 Å². The van der Waals surface area contributed by atoms with Crippen molar-refractivity contribution < 1.29 is 4.79 Å². The van der Waals surface area contributed by atoms with E-state index in [1.165, 1.54) is 12.8 Å². The Hall–Kier alpha value is -0.320. The topological polar surface area (TPSA) is 35.6 Å². The Kier molecular flexibility index (Phi) is 6.39. The van der Waals surface area contributed by atoms with Gasteiger partial charge >= 0.3 is 0 Å². The van der Waals surface area contributed by atoms with Gasteiger partial charge in [-0.15, -0.1) is 12.4 Å². The van der Waals surface area contributed by atoms with Gasteiger partial charge in [0, 0.05) is 38.8 Å². The number of halogens is 1. The molecular weight excluding hydrogens is 250 g/mol. The first kappa shape index (κ1) is 15.7. The normalized spacial score (nSPS) is 29.8. The van der Waals surface area contributed by atoms with Gasteiger partial charge in [0.05, 0.1) is 6.54 Å². The summed E-state index contributed by atoms with van der Waals surface area (Å²) in [5.74, 6) is 0.999. The van der Waals surface area contributed by atoms with Crippen molar-refractivity contribution in [3.05, 3.63) is 0 Å². The Morgan fingerprint density at radius 2 is 2.11 bits per heavy atom. The van der Waals surface area contributed by atoms with Crippen LogP contribution in [0.4, 0.5) is 0 Å². The Balaban J connectivity index is 0.00000162. The molecular formula is C13H26ClN3O. The molecule has 106 valence electrons. The zero-order valence-corrected chi connectivity index (χ0v) is 12.3. The minimum Gasteiger partial charge on any atom is -0.341 e. The lowest BCUT2D eigenvalue weighted by atomic mass is 10.0. The van der Waals surface area contributed by atoms with Gasteiger partial charge in [0.2, 0.25) is 5.91 Å². The standard InChI is InChI=1S/C13H25N3O.ClH/c1-11-4-3-6-16(9-11)13(17)10-15-7-5-14-8-12(15)2;/h11-12,14H,3-10H2,1-2H3;1H/t11?,12-;/m0./s1. The molecule has 1 amide bonds. The van der Waals surface area contributed by atoms with Gasteiger partial charge in [-0.3, -0.25) is 9.69 Å². The van der Waals surface area contributed by atoms with E-state index in [9.17, 15) is 4.79 Å². The minimum absolute atomic E-state index is 0. The highest BCUT2D eigenvalue weighted by Crippen LogP contribution is 2.16. The van der Waals surface area contributed by atoms with Gasteiger partial charge in [0.25, 0.3) is 0 Å². The third-order valence-electron chi connectivity index (χ3n) is 3.99. The zero-order chi connectivity index (χ0) is 12.3. The fourth-order valence-electron chi connectivity index (χ4n) is 2.81. The number of piperazine rings is 1. The van der Waals surface area contributed by atoms with Crippen molar-refractivity contribution in [1.29, 1.82) is 0 Å². The summed E-state index contributed by atoms with van der Waals surface area (Å²) in [4.78, 5) is 16.6. The predicted molar refractivity (Wildman–Crippen MR) is 76.1 cm³/mol. The number of carbonyl (C=O) groups excluding carboxylic acids is 1. The molecule has 0 radical (unpaired) electrons. The number of amides is 1. The van der Waals surface area contributed by atoms with Crippen LogP contribution in [0, 0.1) is 5.92 Å². The molecule has 4 nitrogen and oxygen atoms in total. The summed E-state index contributed by atoms with van der Waals surface area (Å²) in [5, 5.41) is 3.36. The third kappa shape index (κ3) is 4.11. The zero-order valence-electron chi connectivity index (χ0n) is 11.5. The molecule has 5 heteroatoms. The molecule has 2 fully saturated rings. The van der Waals surface area contributed by atoms with Crippen LogP contribution in [0.2, 0.25) is 0 Å². The molecule has 0 aromatic carbocycles. The second-order valence-corrected chi connectivity index (χ2v) is 5.61. The first-order valence-electron chi connectivity index (χ1n) is 6.89. The van der Waals surface area contributed by atoms with Gasteiger partial charge in [-0.2, -0.15) is 0 Å². The SMILES string of the molecule is CC1CCCN(C(=O)CN2CCNC[C@@H]2C)C1.Cl. The number of carbonyl (C=O) groups is 1. The van der Waals surface area contributed by atoms with Crippen molar-refractivity contribution in [1.82, 2.24) is 15.1 Å². The molecule has 2 saturated heterocycles. The monoisotopic (exact) mass is 275 g/mol. The van der Waals surface area contributed by atoms with Crippen molar-refractivity contribution in [2.75, 3.05) is 39.3 Å². The number of hydrogen-bond acceptors (Lipinski definition) is 3. The van der Waals surface area contributed by atoms with E-state index in [4.69, 9.17) is 0 Å². The number of hydrogen-bond donors (Lipinski definition) is 1. The number of nitrogens with one attached hydrogen (secondary N) is 1. The van der Waals surface area contributed by atoms with Crippen molar-refractivity contribution in [2.24, 2.45) is 5.92 Å². The van der Waals surface area contributed by atoms with Gasteiger partial charge in [0.15, 0.2) is 0 Å². The molecule has 0 aromatic rings. The van der Waals surface area contributed by atoms with Gasteiger partial charge in [-0.25, -0.2) is 0 Å². The molecule has 2 aliphatic rings. The summed E-state index contributed by atoms with van der Waals surface area (Å²) in [6, 6.07) is 0.481. The molecule has 2 atom stereocenters. The van der Waals surface area contributed by atoms with E-state index < -0.39 is 0 Å². The lowest BCUT2D eigenvalue weighted by molar-refractivity contribution is -0.134. The van der Waals surface area contributed by atoms with Crippen LogP contribution in [0.5, 0.6) is 0 Å². The lowest BCUT2D eigenvalue weighted by Gasteiger charge is -2.36. The highest BCUT2D eigenvalue weighted by molar-refractivity contribution is 5.85. The van der Waals surface area contributed by atoms with Crippen LogP contribution in [0.1, 0.15) is 26.7 Å². The highest BCUT2D eigenvalue weighted by Gasteiger charge is 2.25. The molecule has 2 heterocycles. The fourth-order valence-corrected chi connectivity index (χ4v) is 2.81. The van der Waals surface area contributed by atoms with Gasteiger partial charge in [-0.1, -0.05) is 6.92 Å². The Bertz CT molecular complexity index is 275. The molecule has 0 saturated carbocycles. The molecule has 2 aliphatic heterocycles. The van der Waals surface area contributed by atoms with E-state index >= 15 is 0 Å². The first-order chi connectivity index (χ1) is 8.16. The maximum atomic E-state index is 12.2. The third-order valence-corrected chi connectivity index (χ3v) is 3.99. The van der Waals surface area contributed by atoms with E-state index in [2.05, 4.69) is 29.0 Å². The lowest BCUT2D eigenvalue weighted by Crippen LogP contribution is -2.54. The van der Waals surface area contributed by atoms with E-state index in [0.717, 1.165) is 32.7 Å². The Morgan fingerprint density at radius 1 is 1.33 bits per heavy atom. The largest absolute Gasteiger partial charge is 0.341 e. The van der Waals surface area contributed by atoms with Crippen molar-refractivity contribution in [2.45, 2.75) is 32.7 Å². The summed E-state index contributed by atoms with van der Waals surface area (Å²) < 4.78 is 0. The number of piperidine rings is 1. The van der Waals surface area contributed by atoms with Crippen LogP contribution >= 0.6 is 12.4 Å². The average Bonchev–Trinajstić information content (AvgIpc) is 2.32. The molecule has 0 aromatic heterocycles. The van der Waals surface area contributed by atoms with E-state index in [0.29, 0.717) is 24.4 Å². The highest BCUT2D eigenvalue weighted by atomic mass is 35.5. The van der Waals surface area contributed by atoms with Gasteiger partial charge in [0.1, 0.15) is 0 Å². The summed E-state index contributed by atoms with van der Waals surface area (Å²) in [5.41, 5.74) is 0. The van der Waals surface area contributed by atoms with Crippen LogP contribution in [0.3, 0.4) is 0 Å². The molecule has 1 unspecified atom stereocenters. The summed E-state index contributed by atoms with van der Waals surface area (Å²) in [7, 11) is 0. The van der Waals surface area contributed by atoms with Crippen molar-refractivity contribution in [3.63, 3.8) is 0 Å². The van der Waals surface area contributed by atoms with E-state index in [1.54, 1.807) is 0 Å². The number of likely N-dealkylation sites (tertiary alicyclic amines) is 1. The van der Waals surface area contributed by atoms with Crippen LogP contribution in [0.15, 0.2) is 0 Å². The summed E-state index contributed by atoms with van der Waals surface area (Å²) >= 11 is 0. The number of nitrogens with zero attached hydrogens (tertiary/aromatic N) is 2. The van der Waals surface area contributed by atoms with Gasteiger partial charge < -0.3 is 10.2 Å². The summed E-state index contributed by atoms with van der Waals surface area (Å²) in [6.07, 6.45) is 2.44. The molecule has 0 aliphatic carbocycles. The number of rotatable bonds is 2. The van der Waals surface area contributed by atoms with Crippen LogP contribution in [-0.2, 0) is 4.79 Å². The average molecular weight is 276 g/mol. The second-order valence-electron chi connectivity index (χ2n) is 5.61. The van der Waals surface area contributed by atoms with Gasteiger partial charge in [-0.05, 0) is 25.7 Å². The molecule has 0 spiro atoms. The van der Waals surface area contributed by atoms with E-state index in [-0.39, 0.29) is 12.4 Å². The molecule has 2 rings (SSSR count). The summed E-state index contributed by atoms with van der Waals surface area (Å²) in [6.45, 7) is 9.97. The van der Waals surface area contributed by atoms with E-state index in [1.807, 2.05) is 0 Å². The smallest absolute Gasteiger partial charge is 0.236 e. The van der Waals surface area contributed by atoms with Crippen LogP contribution < -0.4 is 5.32 Å².